The van der Waals surface area contributed by atoms with Crippen LogP contribution in [0.25, 0.3) is 10.9 Å². The van der Waals surface area contributed by atoms with Crippen LogP contribution in [0.3, 0.4) is 0 Å². The van der Waals surface area contributed by atoms with E-state index in [4.69, 9.17) is 4.42 Å². The van der Waals surface area contributed by atoms with E-state index < -0.39 is 0 Å². The summed E-state index contributed by atoms with van der Waals surface area (Å²) in [7, 11) is 0. The summed E-state index contributed by atoms with van der Waals surface area (Å²) in [6.07, 6.45) is 4.75. The smallest absolute Gasteiger partial charge is 0.289 e. The van der Waals surface area contributed by atoms with Crippen LogP contribution in [0.5, 0.6) is 0 Å². The average molecular weight is 346 g/mol. The second kappa shape index (κ2) is 6.89. The van der Waals surface area contributed by atoms with Gasteiger partial charge in [-0.3, -0.25) is 9.78 Å². The molecule has 0 radical (unpaired) electrons. The highest BCUT2D eigenvalue weighted by molar-refractivity contribution is 5.94. The van der Waals surface area contributed by atoms with E-state index in [2.05, 4.69) is 16.4 Å². The maximum absolute atomic E-state index is 12.4. The molecule has 1 N–H and O–H groups in total. The van der Waals surface area contributed by atoms with Gasteiger partial charge < -0.3 is 14.6 Å². The van der Waals surface area contributed by atoms with Crippen molar-refractivity contribution in [3.8, 4) is 6.07 Å². The van der Waals surface area contributed by atoms with Crippen molar-refractivity contribution in [3.63, 3.8) is 0 Å². The maximum atomic E-state index is 12.4. The number of hydrogen-bond donors (Lipinski definition) is 1. The quantitative estimate of drug-likeness (QED) is 0.786. The van der Waals surface area contributed by atoms with E-state index in [-0.39, 0.29) is 11.9 Å². The average Bonchev–Trinajstić information content (AvgIpc) is 3.23. The summed E-state index contributed by atoms with van der Waals surface area (Å²) >= 11 is 0. The Morgan fingerprint density at radius 2 is 2.04 bits per heavy atom. The molecular formula is C20H18N4O2. The molecule has 1 aliphatic rings. The Labute approximate surface area is 151 Å². The number of hydrogen-bond acceptors (Lipinski definition) is 5. The molecule has 1 saturated heterocycles. The molecule has 130 valence electrons. The molecule has 2 aromatic heterocycles. The third-order valence-corrected chi connectivity index (χ3v) is 4.76. The van der Waals surface area contributed by atoms with Crippen molar-refractivity contribution in [2.45, 2.75) is 18.9 Å². The second-order valence-electron chi connectivity index (χ2n) is 6.36. The second-order valence-corrected chi connectivity index (χ2v) is 6.36. The van der Waals surface area contributed by atoms with Crippen molar-refractivity contribution in [3.05, 3.63) is 60.2 Å². The normalized spacial score (nSPS) is 15.0. The van der Waals surface area contributed by atoms with Crippen LogP contribution in [0.2, 0.25) is 0 Å². The molecule has 1 aliphatic heterocycles. The zero-order chi connectivity index (χ0) is 17.9. The molecule has 0 unspecified atom stereocenters. The number of benzene rings is 1. The van der Waals surface area contributed by atoms with Crippen LogP contribution in [0.1, 0.15) is 29.0 Å². The van der Waals surface area contributed by atoms with Gasteiger partial charge in [0.15, 0.2) is 5.76 Å². The van der Waals surface area contributed by atoms with Crippen molar-refractivity contribution in [2.24, 2.45) is 0 Å². The highest BCUT2D eigenvalue weighted by Gasteiger charge is 2.25. The van der Waals surface area contributed by atoms with Crippen LogP contribution in [-0.2, 0) is 0 Å². The van der Waals surface area contributed by atoms with Crippen molar-refractivity contribution in [1.29, 1.82) is 5.26 Å². The Bertz CT molecular complexity index is 967. The van der Waals surface area contributed by atoms with Gasteiger partial charge in [0, 0.05) is 30.7 Å². The first-order valence-corrected chi connectivity index (χ1v) is 8.63. The lowest BCUT2D eigenvalue weighted by Crippen LogP contribution is -2.42. The number of nitrogens with zero attached hydrogens (tertiary/aromatic N) is 3. The van der Waals surface area contributed by atoms with Gasteiger partial charge in [-0.15, -0.1) is 0 Å². The SMILES string of the molecule is N#Cc1cnc2ccccc2c1NC1CCN(C(=O)c2ccco2)CC1. The number of nitrogens with one attached hydrogen (secondary N) is 1. The Kier molecular flexibility index (Phi) is 4.28. The van der Waals surface area contributed by atoms with Crippen LogP contribution in [0, 0.1) is 11.3 Å². The van der Waals surface area contributed by atoms with E-state index in [0.29, 0.717) is 24.4 Å². The molecule has 0 saturated carbocycles. The van der Waals surface area contributed by atoms with Gasteiger partial charge in [0.2, 0.25) is 0 Å². The number of nitriles is 1. The lowest BCUT2D eigenvalue weighted by Gasteiger charge is -2.32. The summed E-state index contributed by atoms with van der Waals surface area (Å²) in [5, 5.41) is 13.9. The number of furan rings is 1. The predicted octanol–water partition coefficient (Wildman–Crippen LogP) is 3.42. The van der Waals surface area contributed by atoms with E-state index in [1.807, 2.05) is 29.2 Å². The summed E-state index contributed by atoms with van der Waals surface area (Å²) in [5.74, 6) is 0.309. The molecule has 0 atom stereocenters. The lowest BCUT2D eigenvalue weighted by atomic mass is 10.0. The van der Waals surface area contributed by atoms with Gasteiger partial charge in [-0.2, -0.15) is 5.26 Å². The number of pyridine rings is 1. The fourth-order valence-corrected chi connectivity index (χ4v) is 3.37. The molecule has 0 aliphatic carbocycles. The third kappa shape index (κ3) is 3.00. The number of carbonyl (C=O) groups is 1. The van der Waals surface area contributed by atoms with Gasteiger partial charge in [0.1, 0.15) is 6.07 Å². The number of carbonyl (C=O) groups excluding carboxylic acids is 1. The minimum atomic E-state index is -0.0690. The predicted molar refractivity (Wildman–Crippen MR) is 97.7 cm³/mol. The number of para-hydroxylation sites is 1. The number of aromatic nitrogens is 1. The Morgan fingerprint density at radius 3 is 2.77 bits per heavy atom. The number of likely N-dealkylation sites (tertiary alicyclic amines) is 1. The van der Waals surface area contributed by atoms with Gasteiger partial charge >= 0.3 is 0 Å². The molecule has 6 heteroatoms. The molecule has 3 heterocycles. The lowest BCUT2D eigenvalue weighted by molar-refractivity contribution is 0.0686. The third-order valence-electron chi connectivity index (χ3n) is 4.76. The highest BCUT2D eigenvalue weighted by Crippen LogP contribution is 2.28. The molecule has 1 amide bonds. The van der Waals surface area contributed by atoms with Crippen LogP contribution >= 0.6 is 0 Å². The van der Waals surface area contributed by atoms with Crippen molar-refractivity contribution in [2.75, 3.05) is 18.4 Å². The van der Waals surface area contributed by atoms with Gasteiger partial charge in [0.25, 0.3) is 5.91 Å². The van der Waals surface area contributed by atoms with E-state index in [1.54, 1.807) is 18.3 Å². The molecular weight excluding hydrogens is 328 g/mol. The van der Waals surface area contributed by atoms with E-state index in [1.165, 1.54) is 6.26 Å². The van der Waals surface area contributed by atoms with Crippen LogP contribution in [0.15, 0.2) is 53.3 Å². The number of fused-ring (bicyclic) bond motifs is 1. The first-order chi connectivity index (χ1) is 12.8. The van der Waals surface area contributed by atoms with Gasteiger partial charge in [0.05, 0.1) is 23.0 Å². The molecule has 4 rings (SSSR count). The van der Waals surface area contributed by atoms with Crippen LogP contribution in [0.4, 0.5) is 5.69 Å². The number of anilines is 1. The van der Waals surface area contributed by atoms with E-state index in [9.17, 15) is 10.1 Å². The summed E-state index contributed by atoms with van der Waals surface area (Å²) in [5.41, 5.74) is 2.23. The monoisotopic (exact) mass is 346 g/mol. The first kappa shape index (κ1) is 16.2. The van der Waals surface area contributed by atoms with Crippen LogP contribution < -0.4 is 5.32 Å². The van der Waals surface area contributed by atoms with Crippen molar-refractivity contribution < 1.29 is 9.21 Å². The molecule has 0 bridgehead atoms. The zero-order valence-electron chi connectivity index (χ0n) is 14.2. The number of piperidine rings is 1. The first-order valence-electron chi connectivity index (χ1n) is 8.63. The van der Waals surface area contributed by atoms with Crippen molar-refractivity contribution in [1.82, 2.24) is 9.88 Å². The maximum Gasteiger partial charge on any atom is 0.289 e. The van der Waals surface area contributed by atoms with Crippen LogP contribution in [-0.4, -0.2) is 34.9 Å². The minimum Gasteiger partial charge on any atom is -0.459 e. The minimum absolute atomic E-state index is 0.0690. The fourth-order valence-electron chi connectivity index (χ4n) is 3.37. The molecule has 3 aromatic rings. The molecule has 26 heavy (non-hydrogen) atoms. The summed E-state index contributed by atoms with van der Waals surface area (Å²) in [6.45, 7) is 1.31. The van der Waals surface area contributed by atoms with E-state index in [0.717, 1.165) is 29.4 Å². The number of amides is 1. The van der Waals surface area contributed by atoms with Gasteiger partial charge in [-0.05, 0) is 31.0 Å². The standard InChI is InChI=1S/C20H18N4O2/c21-12-14-13-22-17-5-2-1-4-16(17)19(14)23-15-7-9-24(10-8-15)20(25)18-6-3-11-26-18/h1-6,11,13,15H,7-10H2,(H,22,23). The largest absolute Gasteiger partial charge is 0.459 e. The molecule has 1 aromatic carbocycles. The Hall–Kier alpha value is -3.33. The highest BCUT2D eigenvalue weighted by atomic mass is 16.3. The summed E-state index contributed by atoms with van der Waals surface area (Å²) < 4.78 is 5.20. The molecule has 0 spiro atoms. The van der Waals surface area contributed by atoms with E-state index >= 15 is 0 Å². The summed E-state index contributed by atoms with van der Waals surface area (Å²) in [4.78, 5) is 18.5. The number of rotatable bonds is 3. The summed E-state index contributed by atoms with van der Waals surface area (Å²) in [6, 6.07) is 13.6. The molecule has 6 nitrogen and oxygen atoms in total. The van der Waals surface area contributed by atoms with Crippen molar-refractivity contribution >= 4 is 22.5 Å². The fraction of sp³-hybridized carbons (Fsp3) is 0.250. The zero-order valence-corrected chi connectivity index (χ0v) is 14.2. The Balaban J connectivity index is 1.49. The van der Waals surface area contributed by atoms with Gasteiger partial charge in [-0.1, -0.05) is 18.2 Å². The topological polar surface area (TPSA) is 82.2 Å². The molecule has 1 fully saturated rings. The van der Waals surface area contributed by atoms with Gasteiger partial charge in [-0.25, -0.2) is 0 Å². The Morgan fingerprint density at radius 1 is 1.23 bits per heavy atom.